The van der Waals surface area contributed by atoms with Crippen molar-refractivity contribution in [2.75, 3.05) is 19.7 Å². The number of carbonyl (C=O) groups is 2. The molecule has 0 aliphatic carbocycles. The second kappa shape index (κ2) is 6.19. The van der Waals surface area contributed by atoms with Crippen LogP contribution < -0.4 is 10.6 Å². The molecule has 0 aromatic carbocycles. The normalized spacial score (nSPS) is 19.6. The summed E-state index contributed by atoms with van der Waals surface area (Å²) in [6, 6.07) is 0. The van der Waals surface area contributed by atoms with Crippen molar-refractivity contribution in [3.63, 3.8) is 0 Å². The SMILES string of the molecule is C=CCNC(=O)C(=O)NC[C@H]1CCCO1. The quantitative estimate of drug-likeness (QED) is 0.491. The Hall–Kier alpha value is -1.36. The van der Waals surface area contributed by atoms with Crippen LogP contribution in [0.15, 0.2) is 12.7 Å². The lowest BCUT2D eigenvalue weighted by Gasteiger charge is -2.10. The van der Waals surface area contributed by atoms with Crippen LogP contribution in [0.2, 0.25) is 0 Å². The number of carbonyl (C=O) groups excluding carboxylic acids is 2. The second-order valence-corrected chi connectivity index (χ2v) is 3.34. The van der Waals surface area contributed by atoms with Gasteiger partial charge >= 0.3 is 11.8 Å². The van der Waals surface area contributed by atoms with Gasteiger partial charge in [0, 0.05) is 19.7 Å². The molecule has 1 fully saturated rings. The molecule has 1 aliphatic heterocycles. The molecule has 2 N–H and O–H groups in total. The number of hydrogen-bond donors (Lipinski definition) is 2. The first-order valence-corrected chi connectivity index (χ1v) is 5.02. The number of nitrogens with one attached hydrogen (secondary N) is 2. The predicted octanol–water partition coefficient (Wildman–Crippen LogP) is -0.416. The van der Waals surface area contributed by atoms with Crippen molar-refractivity contribution in [3.05, 3.63) is 12.7 Å². The zero-order valence-electron chi connectivity index (χ0n) is 8.62. The minimum atomic E-state index is -0.632. The van der Waals surface area contributed by atoms with Crippen LogP contribution >= 0.6 is 0 Å². The fourth-order valence-corrected chi connectivity index (χ4v) is 1.34. The summed E-state index contributed by atoms with van der Waals surface area (Å²) >= 11 is 0. The van der Waals surface area contributed by atoms with Crippen LogP contribution in [0.25, 0.3) is 0 Å². The van der Waals surface area contributed by atoms with E-state index in [-0.39, 0.29) is 6.10 Å². The van der Waals surface area contributed by atoms with Gasteiger partial charge in [-0.15, -0.1) is 6.58 Å². The van der Waals surface area contributed by atoms with Crippen LogP contribution in [0.3, 0.4) is 0 Å². The van der Waals surface area contributed by atoms with Crippen LogP contribution in [0.4, 0.5) is 0 Å². The van der Waals surface area contributed by atoms with Gasteiger partial charge in [0.05, 0.1) is 6.10 Å². The fraction of sp³-hybridized carbons (Fsp3) is 0.600. The van der Waals surface area contributed by atoms with Gasteiger partial charge in [-0.05, 0) is 12.8 Å². The topological polar surface area (TPSA) is 67.4 Å². The van der Waals surface area contributed by atoms with E-state index in [0.29, 0.717) is 13.1 Å². The maximum Gasteiger partial charge on any atom is 0.309 e. The van der Waals surface area contributed by atoms with E-state index in [2.05, 4.69) is 17.2 Å². The molecule has 5 nitrogen and oxygen atoms in total. The number of rotatable bonds is 4. The van der Waals surface area contributed by atoms with Gasteiger partial charge in [0.2, 0.25) is 0 Å². The van der Waals surface area contributed by atoms with E-state index in [1.807, 2.05) is 0 Å². The standard InChI is InChI=1S/C10H16N2O3/c1-2-5-11-9(13)10(14)12-7-8-4-3-6-15-8/h2,8H,1,3-7H2,(H,11,13)(H,12,14)/t8-/m1/s1. The van der Waals surface area contributed by atoms with Crippen molar-refractivity contribution in [2.45, 2.75) is 18.9 Å². The zero-order valence-corrected chi connectivity index (χ0v) is 8.62. The number of amides is 2. The highest BCUT2D eigenvalue weighted by molar-refractivity contribution is 6.35. The van der Waals surface area contributed by atoms with Gasteiger partial charge in [0.1, 0.15) is 0 Å². The molecule has 0 radical (unpaired) electrons. The number of ether oxygens (including phenoxy) is 1. The highest BCUT2D eigenvalue weighted by Crippen LogP contribution is 2.10. The molecule has 84 valence electrons. The van der Waals surface area contributed by atoms with E-state index in [1.54, 1.807) is 0 Å². The first-order chi connectivity index (χ1) is 7.24. The minimum Gasteiger partial charge on any atom is -0.376 e. The highest BCUT2D eigenvalue weighted by atomic mass is 16.5. The highest BCUT2D eigenvalue weighted by Gasteiger charge is 2.18. The third-order valence-electron chi connectivity index (χ3n) is 2.13. The molecule has 1 saturated heterocycles. The smallest absolute Gasteiger partial charge is 0.309 e. The summed E-state index contributed by atoms with van der Waals surface area (Å²) in [6.45, 7) is 4.87. The van der Waals surface area contributed by atoms with Crippen LogP contribution in [0.1, 0.15) is 12.8 Å². The van der Waals surface area contributed by atoms with E-state index < -0.39 is 11.8 Å². The molecule has 0 bridgehead atoms. The van der Waals surface area contributed by atoms with E-state index in [1.165, 1.54) is 6.08 Å². The maximum absolute atomic E-state index is 11.2. The molecule has 1 aliphatic rings. The van der Waals surface area contributed by atoms with Crippen molar-refractivity contribution >= 4 is 11.8 Å². The van der Waals surface area contributed by atoms with Gasteiger partial charge in [-0.25, -0.2) is 0 Å². The molecule has 1 heterocycles. The Morgan fingerprint density at radius 1 is 1.40 bits per heavy atom. The lowest BCUT2D eigenvalue weighted by Crippen LogP contribution is -2.42. The summed E-state index contributed by atoms with van der Waals surface area (Å²) in [7, 11) is 0. The monoisotopic (exact) mass is 212 g/mol. The molecular weight excluding hydrogens is 196 g/mol. The van der Waals surface area contributed by atoms with E-state index in [9.17, 15) is 9.59 Å². The van der Waals surface area contributed by atoms with Crippen LogP contribution in [0, 0.1) is 0 Å². The maximum atomic E-state index is 11.2. The molecule has 0 unspecified atom stereocenters. The van der Waals surface area contributed by atoms with Gasteiger partial charge in [0.15, 0.2) is 0 Å². The molecule has 0 aromatic heterocycles. The first-order valence-electron chi connectivity index (χ1n) is 5.02. The van der Waals surface area contributed by atoms with Gasteiger partial charge in [-0.1, -0.05) is 6.08 Å². The summed E-state index contributed by atoms with van der Waals surface area (Å²) in [5.41, 5.74) is 0. The second-order valence-electron chi connectivity index (χ2n) is 3.34. The van der Waals surface area contributed by atoms with Gasteiger partial charge in [0.25, 0.3) is 0 Å². The first kappa shape index (κ1) is 11.7. The van der Waals surface area contributed by atoms with Gasteiger partial charge in [-0.3, -0.25) is 9.59 Å². The minimum absolute atomic E-state index is 0.0566. The lowest BCUT2D eigenvalue weighted by atomic mass is 10.2. The van der Waals surface area contributed by atoms with Gasteiger partial charge < -0.3 is 15.4 Å². The van der Waals surface area contributed by atoms with Crippen molar-refractivity contribution in [2.24, 2.45) is 0 Å². The summed E-state index contributed by atoms with van der Waals surface area (Å²) < 4.78 is 5.30. The Balaban J connectivity index is 2.16. The Morgan fingerprint density at radius 2 is 2.13 bits per heavy atom. The lowest BCUT2D eigenvalue weighted by molar-refractivity contribution is -0.139. The van der Waals surface area contributed by atoms with Crippen molar-refractivity contribution in [1.29, 1.82) is 0 Å². The number of hydrogen-bond acceptors (Lipinski definition) is 3. The average molecular weight is 212 g/mol. The molecule has 0 spiro atoms. The molecule has 5 heteroatoms. The fourth-order valence-electron chi connectivity index (χ4n) is 1.34. The molecule has 1 rings (SSSR count). The molecule has 2 amide bonds. The average Bonchev–Trinajstić information content (AvgIpc) is 2.75. The largest absolute Gasteiger partial charge is 0.376 e. The third-order valence-corrected chi connectivity index (χ3v) is 2.13. The van der Waals surface area contributed by atoms with Gasteiger partial charge in [-0.2, -0.15) is 0 Å². The Kier molecular flexibility index (Phi) is 4.83. The molecule has 15 heavy (non-hydrogen) atoms. The summed E-state index contributed by atoms with van der Waals surface area (Å²) in [5, 5.41) is 4.92. The summed E-state index contributed by atoms with van der Waals surface area (Å²) in [4.78, 5) is 22.3. The molecule has 1 atom stereocenters. The van der Waals surface area contributed by atoms with E-state index >= 15 is 0 Å². The van der Waals surface area contributed by atoms with Crippen molar-refractivity contribution in [3.8, 4) is 0 Å². The van der Waals surface area contributed by atoms with Crippen molar-refractivity contribution in [1.82, 2.24) is 10.6 Å². The van der Waals surface area contributed by atoms with E-state index in [4.69, 9.17) is 4.74 Å². The third kappa shape index (κ3) is 4.12. The van der Waals surface area contributed by atoms with Crippen LogP contribution in [-0.4, -0.2) is 37.6 Å². The zero-order chi connectivity index (χ0) is 11.1. The molecule has 0 saturated carbocycles. The summed E-state index contributed by atoms with van der Waals surface area (Å²) in [6.07, 6.45) is 3.53. The van der Waals surface area contributed by atoms with Crippen molar-refractivity contribution < 1.29 is 14.3 Å². The molecule has 0 aromatic rings. The Morgan fingerprint density at radius 3 is 2.73 bits per heavy atom. The van der Waals surface area contributed by atoms with Crippen LogP contribution in [-0.2, 0) is 14.3 Å². The summed E-state index contributed by atoms with van der Waals surface area (Å²) in [5.74, 6) is -1.25. The van der Waals surface area contributed by atoms with E-state index in [0.717, 1.165) is 19.4 Å². The predicted molar refractivity (Wildman–Crippen MR) is 55.2 cm³/mol. The van der Waals surface area contributed by atoms with Crippen LogP contribution in [0.5, 0.6) is 0 Å². The molecular formula is C10H16N2O3. The Bertz CT molecular complexity index is 247. The Labute approximate surface area is 88.9 Å².